The van der Waals surface area contributed by atoms with Crippen LogP contribution >= 0.6 is 0 Å². The molecule has 0 amide bonds. The number of piperidine rings is 1. The number of nitrogens with zero attached hydrogens (tertiary/aromatic N) is 2. The maximum atomic E-state index is 3.93. The van der Waals surface area contributed by atoms with Gasteiger partial charge in [0.1, 0.15) is 0 Å². The maximum Gasteiger partial charge on any atom is 0.0107 e. The minimum atomic E-state index is 0.662. The lowest BCUT2D eigenvalue weighted by Gasteiger charge is -2.54. The Labute approximate surface area is 240 Å². The van der Waals surface area contributed by atoms with Gasteiger partial charge in [0.2, 0.25) is 0 Å². The molecule has 3 nitrogen and oxygen atoms in total. The first-order chi connectivity index (χ1) is 18.6. The summed E-state index contributed by atoms with van der Waals surface area (Å²) >= 11 is 0. The maximum absolute atomic E-state index is 3.93. The smallest absolute Gasteiger partial charge is 0.0107 e. The van der Waals surface area contributed by atoms with Crippen molar-refractivity contribution in [2.75, 3.05) is 45.8 Å². The highest BCUT2D eigenvalue weighted by atomic mass is 15.2. The lowest BCUT2D eigenvalue weighted by atomic mass is 9.72. The molecule has 2 rings (SSSR count). The first kappa shape index (κ1) is 34.1. The fraction of sp³-hybridized carbons (Fsp3) is 1.00. The Balaban J connectivity index is 1.61. The second kappa shape index (κ2) is 21.6. The van der Waals surface area contributed by atoms with Crippen LogP contribution in [0, 0.1) is 11.3 Å². The van der Waals surface area contributed by atoms with E-state index in [2.05, 4.69) is 42.8 Å². The van der Waals surface area contributed by atoms with Crippen LogP contribution in [-0.4, -0.2) is 61.7 Å². The molecular weight excluding hydrogens is 462 g/mol. The first-order valence-electron chi connectivity index (χ1n) is 17.8. The van der Waals surface area contributed by atoms with Crippen LogP contribution in [0.15, 0.2) is 0 Å². The van der Waals surface area contributed by atoms with E-state index in [0.717, 1.165) is 12.0 Å². The van der Waals surface area contributed by atoms with E-state index in [0.29, 0.717) is 5.41 Å². The molecule has 1 N–H and O–H groups in total. The van der Waals surface area contributed by atoms with Gasteiger partial charge in [-0.25, -0.2) is 0 Å². The van der Waals surface area contributed by atoms with Gasteiger partial charge in [-0.1, -0.05) is 124 Å². The van der Waals surface area contributed by atoms with Crippen LogP contribution in [0.5, 0.6) is 0 Å². The van der Waals surface area contributed by atoms with E-state index < -0.39 is 0 Å². The average Bonchev–Trinajstić information content (AvgIpc) is 2.90. The van der Waals surface area contributed by atoms with Gasteiger partial charge in [-0.15, -0.1) is 0 Å². The molecule has 2 aliphatic rings. The molecule has 0 bridgehead atoms. The molecule has 3 heteroatoms. The summed E-state index contributed by atoms with van der Waals surface area (Å²) in [5.74, 6) is 0.953. The Morgan fingerprint density at radius 3 is 1.66 bits per heavy atom. The third-order valence-electron chi connectivity index (χ3n) is 9.89. The minimum absolute atomic E-state index is 0.662. The van der Waals surface area contributed by atoms with Crippen LogP contribution in [0.3, 0.4) is 0 Å². The molecule has 0 aromatic heterocycles. The number of rotatable bonds is 25. The number of hydrogen-bond acceptors (Lipinski definition) is 3. The normalized spacial score (nSPS) is 19.6. The van der Waals surface area contributed by atoms with Gasteiger partial charge in [-0.05, 0) is 62.9 Å². The fourth-order valence-corrected chi connectivity index (χ4v) is 7.29. The number of likely N-dealkylation sites (tertiary alicyclic amines) is 2. The summed E-state index contributed by atoms with van der Waals surface area (Å²) in [5, 5.41) is 3.93. The van der Waals surface area contributed by atoms with Gasteiger partial charge in [-0.2, -0.15) is 0 Å². The largest absolute Gasteiger partial charge is 0.313 e. The predicted octanol–water partition coefficient (Wildman–Crippen LogP) is 9.45. The summed E-state index contributed by atoms with van der Waals surface area (Å²) in [6.45, 7) is 18.7. The molecular formula is C35H71N3. The van der Waals surface area contributed by atoms with E-state index in [-0.39, 0.29) is 0 Å². The molecule has 2 fully saturated rings. The van der Waals surface area contributed by atoms with Gasteiger partial charge in [0.25, 0.3) is 0 Å². The van der Waals surface area contributed by atoms with Crippen molar-refractivity contribution in [1.29, 1.82) is 0 Å². The highest BCUT2D eigenvalue weighted by Gasteiger charge is 2.44. The van der Waals surface area contributed by atoms with Gasteiger partial charge in [0.15, 0.2) is 0 Å². The van der Waals surface area contributed by atoms with E-state index in [1.54, 1.807) is 0 Å². The standard InChI is InChI=1S/C35H71N3/c1-5-9-12-15-18-22-33(21-17-14-11-7-3)30-37-27-24-35(25-28-37)31-38(32-35)29-26-36-34(20-8-4)23-19-16-13-10-6-2/h33-34,36H,5-32H2,1-4H3. The fourth-order valence-electron chi connectivity index (χ4n) is 7.29. The number of unbranched alkanes of at least 4 members (excludes halogenated alkanes) is 11. The van der Waals surface area contributed by atoms with Crippen molar-refractivity contribution in [1.82, 2.24) is 15.1 Å². The molecule has 226 valence electrons. The minimum Gasteiger partial charge on any atom is -0.313 e. The van der Waals surface area contributed by atoms with Crippen LogP contribution < -0.4 is 5.32 Å². The summed E-state index contributed by atoms with van der Waals surface area (Å²) in [5.41, 5.74) is 0.662. The Morgan fingerprint density at radius 2 is 1.11 bits per heavy atom. The Kier molecular flexibility index (Phi) is 19.4. The van der Waals surface area contributed by atoms with E-state index in [1.807, 2.05) is 0 Å². The zero-order chi connectivity index (χ0) is 27.3. The second-order valence-corrected chi connectivity index (χ2v) is 13.6. The molecule has 38 heavy (non-hydrogen) atoms. The SMILES string of the molecule is CCCCCCCC(CCCCCC)CN1CCC2(CC1)CN(CCNC(CCC)CCCCCCC)C2. The van der Waals surface area contributed by atoms with E-state index in [4.69, 9.17) is 0 Å². The van der Waals surface area contributed by atoms with Crippen molar-refractivity contribution in [3.63, 3.8) is 0 Å². The summed E-state index contributed by atoms with van der Waals surface area (Å²) in [7, 11) is 0. The van der Waals surface area contributed by atoms with Gasteiger partial charge >= 0.3 is 0 Å². The lowest BCUT2D eigenvalue weighted by Crippen LogP contribution is -2.61. The molecule has 0 saturated carbocycles. The molecule has 0 aliphatic carbocycles. The third kappa shape index (κ3) is 14.5. The van der Waals surface area contributed by atoms with Crippen molar-refractivity contribution >= 4 is 0 Å². The molecule has 2 atom stereocenters. The summed E-state index contributed by atoms with van der Waals surface area (Å²) < 4.78 is 0. The second-order valence-electron chi connectivity index (χ2n) is 13.6. The van der Waals surface area contributed by atoms with Gasteiger partial charge in [-0.3, -0.25) is 0 Å². The van der Waals surface area contributed by atoms with E-state index in [1.165, 1.54) is 181 Å². The predicted molar refractivity (Wildman–Crippen MR) is 170 cm³/mol. The Morgan fingerprint density at radius 1 is 0.579 bits per heavy atom. The highest BCUT2D eigenvalue weighted by Crippen LogP contribution is 2.40. The molecule has 0 radical (unpaired) electrons. The van der Waals surface area contributed by atoms with Gasteiger partial charge in [0.05, 0.1) is 0 Å². The number of hydrogen-bond donors (Lipinski definition) is 1. The van der Waals surface area contributed by atoms with Crippen molar-refractivity contribution < 1.29 is 0 Å². The topological polar surface area (TPSA) is 18.5 Å². The molecule has 2 unspecified atom stereocenters. The van der Waals surface area contributed by atoms with E-state index >= 15 is 0 Å². The van der Waals surface area contributed by atoms with Crippen molar-refractivity contribution in [3.8, 4) is 0 Å². The molecule has 1 spiro atoms. The Hall–Kier alpha value is -0.120. The van der Waals surface area contributed by atoms with Crippen molar-refractivity contribution in [3.05, 3.63) is 0 Å². The summed E-state index contributed by atoms with van der Waals surface area (Å²) in [4.78, 5) is 5.61. The first-order valence-corrected chi connectivity index (χ1v) is 17.8. The van der Waals surface area contributed by atoms with Crippen molar-refractivity contribution in [2.24, 2.45) is 11.3 Å². The average molecular weight is 534 g/mol. The molecule has 0 aromatic carbocycles. The molecule has 2 aliphatic heterocycles. The van der Waals surface area contributed by atoms with Crippen molar-refractivity contribution in [2.45, 2.75) is 169 Å². The summed E-state index contributed by atoms with van der Waals surface area (Å²) in [6.07, 6.45) is 29.9. The quantitative estimate of drug-likeness (QED) is 0.118. The highest BCUT2D eigenvalue weighted by molar-refractivity contribution is 4.98. The molecule has 2 heterocycles. The van der Waals surface area contributed by atoms with Crippen LogP contribution in [0.1, 0.15) is 163 Å². The summed E-state index contributed by atoms with van der Waals surface area (Å²) in [6, 6.07) is 0.752. The molecule has 2 saturated heterocycles. The van der Waals surface area contributed by atoms with Crippen LogP contribution in [0.2, 0.25) is 0 Å². The monoisotopic (exact) mass is 534 g/mol. The van der Waals surface area contributed by atoms with Crippen LogP contribution in [0.25, 0.3) is 0 Å². The van der Waals surface area contributed by atoms with Crippen LogP contribution in [-0.2, 0) is 0 Å². The molecule has 0 aromatic rings. The zero-order valence-electron chi connectivity index (χ0n) is 26.8. The van der Waals surface area contributed by atoms with E-state index in [9.17, 15) is 0 Å². The lowest BCUT2D eigenvalue weighted by molar-refractivity contribution is -0.0481. The van der Waals surface area contributed by atoms with Gasteiger partial charge < -0.3 is 15.1 Å². The third-order valence-corrected chi connectivity index (χ3v) is 9.89. The zero-order valence-corrected chi connectivity index (χ0v) is 26.8. The number of nitrogens with one attached hydrogen (secondary N) is 1. The van der Waals surface area contributed by atoms with Crippen LogP contribution in [0.4, 0.5) is 0 Å². The van der Waals surface area contributed by atoms with Gasteiger partial charge in [0, 0.05) is 38.8 Å². The Bertz CT molecular complexity index is 519.